The van der Waals surface area contributed by atoms with Crippen LogP contribution in [0.1, 0.15) is 22.3 Å². The zero-order chi connectivity index (χ0) is 10.8. The van der Waals surface area contributed by atoms with Crippen molar-refractivity contribution in [3.05, 3.63) is 35.1 Å². The number of carbonyl (C=O) groups is 1. The van der Waals surface area contributed by atoms with Gasteiger partial charge < -0.3 is 4.74 Å². The van der Waals surface area contributed by atoms with E-state index in [1.54, 1.807) is 13.0 Å². The molecule has 0 aliphatic carbocycles. The minimum Gasteiger partial charge on any atom is -0.381 e. The normalized spacial score (nSPS) is 20.5. The van der Waals surface area contributed by atoms with Crippen molar-refractivity contribution in [2.45, 2.75) is 13.3 Å². The van der Waals surface area contributed by atoms with Crippen molar-refractivity contribution >= 4 is 5.78 Å². The zero-order valence-electron chi connectivity index (χ0n) is 8.63. The first-order valence-corrected chi connectivity index (χ1v) is 5.06. The summed E-state index contributed by atoms with van der Waals surface area (Å²) in [4.78, 5) is 11.9. The molecule has 15 heavy (non-hydrogen) atoms. The predicted molar refractivity (Wildman–Crippen MR) is 54.4 cm³/mol. The summed E-state index contributed by atoms with van der Waals surface area (Å²) < 4.78 is 18.2. The maximum atomic E-state index is 13.1. The van der Waals surface area contributed by atoms with Gasteiger partial charge in [-0.2, -0.15) is 0 Å². The molecule has 1 heterocycles. The van der Waals surface area contributed by atoms with Crippen LogP contribution in [0.3, 0.4) is 0 Å². The second-order valence-electron chi connectivity index (χ2n) is 3.94. The summed E-state index contributed by atoms with van der Waals surface area (Å²) in [6.07, 6.45) is 0.744. The molecule has 80 valence electrons. The van der Waals surface area contributed by atoms with Crippen LogP contribution in [0.5, 0.6) is 0 Å². The van der Waals surface area contributed by atoms with E-state index >= 15 is 0 Å². The largest absolute Gasteiger partial charge is 0.381 e. The molecular weight excluding hydrogens is 195 g/mol. The van der Waals surface area contributed by atoms with Crippen LogP contribution in [0.25, 0.3) is 0 Å². The Morgan fingerprint density at radius 3 is 2.87 bits per heavy atom. The van der Waals surface area contributed by atoms with E-state index in [1.165, 1.54) is 12.1 Å². The lowest BCUT2D eigenvalue weighted by atomic mass is 9.96. The minimum absolute atomic E-state index is 0.00454. The van der Waals surface area contributed by atoms with Gasteiger partial charge in [-0.1, -0.05) is 0 Å². The zero-order valence-corrected chi connectivity index (χ0v) is 8.63. The number of carbonyl (C=O) groups excluding carboxylic acids is 1. The average Bonchev–Trinajstić information content (AvgIpc) is 2.67. The van der Waals surface area contributed by atoms with Crippen LogP contribution in [-0.4, -0.2) is 19.0 Å². The lowest BCUT2D eigenvalue weighted by Crippen LogP contribution is -2.14. The Kier molecular flexibility index (Phi) is 2.82. The van der Waals surface area contributed by atoms with Crippen LogP contribution in [-0.2, 0) is 4.74 Å². The number of hydrogen-bond acceptors (Lipinski definition) is 2. The fraction of sp³-hybridized carbons (Fsp3) is 0.417. The van der Waals surface area contributed by atoms with E-state index in [0.717, 1.165) is 12.0 Å². The van der Waals surface area contributed by atoms with Crippen LogP contribution < -0.4 is 0 Å². The van der Waals surface area contributed by atoms with E-state index < -0.39 is 0 Å². The maximum absolute atomic E-state index is 13.1. The third kappa shape index (κ3) is 2.23. The molecule has 1 aromatic rings. The summed E-state index contributed by atoms with van der Waals surface area (Å²) in [6, 6.07) is 4.44. The highest BCUT2D eigenvalue weighted by molar-refractivity contribution is 5.98. The molecule has 1 saturated heterocycles. The molecule has 0 spiro atoms. The summed E-state index contributed by atoms with van der Waals surface area (Å²) in [7, 11) is 0. The van der Waals surface area contributed by atoms with Crippen molar-refractivity contribution in [3.8, 4) is 0 Å². The van der Waals surface area contributed by atoms with E-state index in [4.69, 9.17) is 4.74 Å². The molecule has 0 aromatic heterocycles. The molecule has 0 bridgehead atoms. The SMILES string of the molecule is Cc1cc(F)cc(C(=O)C2CCOC2)c1. The van der Waals surface area contributed by atoms with E-state index in [2.05, 4.69) is 0 Å². The molecular formula is C12H13FO2. The Hall–Kier alpha value is -1.22. The van der Waals surface area contributed by atoms with Gasteiger partial charge >= 0.3 is 0 Å². The van der Waals surface area contributed by atoms with E-state index in [9.17, 15) is 9.18 Å². The summed E-state index contributed by atoms with van der Waals surface area (Å²) >= 11 is 0. The van der Waals surface area contributed by atoms with Crippen molar-refractivity contribution in [2.24, 2.45) is 5.92 Å². The number of benzene rings is 1. The molecule has 0 saturated carbocycles. The van der Waals surface area contributed by atoms with E-state index in [0.29, 0.717) is 18.8 Å². The van der Waals surface area contributed by atoms with Gasteiger partial charge in [0.15, 0.2) is 5.78 Å². The molecule has 1 aliphatic rings. The molecule has 0 N–H and O–H groups in total. The first-order valence-electron chi connectivity index (χ1n) is 5.06. The van der Waals surface area contributed by atoms with Crippen molar-refractivity contribution < 1.29 is 13.9 Å². The molecule has 0 radical (unpaired) electrons. The molecule has 1 atom stereocenters. The van der Waals surface area contributed by atoms with Crippen molar-refractivity contribution in [2.75, 3.05) is 13.2 Å². The highest BCUT2D eigenvalue weighted by atomic mass is 19.1. The highest BCUT2D eigenvalue weighted by Crippen LogP contribution is 2.19. The van der Waals surface area contributed by atoms with Crippen LogP contribution in [0.4, 0.5) is 4.39 Å². The fourth-order valence-corrected chi connectivity index (χ4v) is 1.86. The molecule has 1 aromatic carbocycles. The summed E-state index contributed by atoms with van der Waals surface area (Å²) in [5.74, 6) is -0.446. The number of hydrogen-bond donors (Lipinski definition) is 0. The summed E-state index contributed by atoms with van der Waals surface area (Å²) in [6.45, 7) is 2.88. The first-order chi connectivity index (χ1) is 7.16. The monoisotopic (exact) mass is 208 g/mol. The van der Waals surface area contributed by atoms with Gasteiger partial charge in [-0.15, -0.1) is 0 Å². The molecule has 1 fully saturated rings. The third-order valence-corrected chi connectivity index (χ3v) is 2.63. The van der Waals surface area contributed by atoms with Crippen molar-refractivity contribution in [1.82, 2.24) is 0 Å². The van der Waals surface area contributed by atoms with Gasteiger partial charge in [-0.05, 0) is 37.1 Å². The third-order valence-electron chi connectivity index (χ3n) is 2.63. The Labute approximate surface area is 88.1 Å². The Morgan fingerprint density at radius 2 is 2.27 bits per heavy atom. The minimum atomic E-state index is -0.350. The van der Waals surface area contributed by atoms with Crippen LogP contribution in [0, 0.1) is 18.7 Å². The van der Waals surface area contributed by atoms with Gasteiger partial charge in [0.25, 0.3) is 0 Å². The number of rotatable bonds is 2. The number of aryl methyl sites for hydroxylation is 1. The topological polar surface area (TPSA) is 26.3 Å². The van der Waals surface area contributed by atoms with E-state index in [1.807, 2.05) is 0 Å². The Balaban J connectivity index is 2.24. The second kappa shape index (κ2) is 4.11. The standard InChI is InChI=1S/C12H13FO2/c1-8-4-10(6-11(13)5-8)12(14)9-2-3-15-7-9/h4-6,9H,2-3,7H2,1H3. The molecule has 0 amide bonds. The molecule has 3 heteroatoms. The molecule has 2 nitrogen and oxygen atoms in total. The highest BCUT2D eigenvalue weighted by Gasteiger charge is 2.24. The maximum Gasteiger partial charge on any atom is 0.168 e. The van der Waals surface area contributed by atoms with Crippen LogP contribution >= 0.6 is 0 Å². The lowest BCUT2D eigenvalue weighted by molar-refractivity contribution is 0.0899. The van der Waals surface area contributed by atoms with Gasteiger partial charge in [0.2, 0.25) is 0 Å². The molecule has 1 unspecified atom stereocenters. The van der Waals surface area contributed by atoms with Crippen molar-refractivity contribution in [3.63, 3.8) is 0 Å². The van der Waals surface area contributed by atoms with E-state index in [-0.39, 0.29) is 17.5 Å². The quantitative estimate of drug-likeness (QED) is 0.697. The predicted octanol–water partition coefficient (Wildman–Crippen LogP) is 2.35. The molecule has 2 rings (SSSR count). The number of halogens is 1. The van der Waals surface area contributed by atoms with Gasteiger partial charge in [-0.25, -0.2) is 4.39 Å². The lowest BCUT2D eigenvalue weighted by Gasteiger charge is -2.07. The average molecular weight is 208 g/mol. The van der Waals surface area contributed by atoms with Gasteiger partial charge in [0, 0.05) is 18.1 Å². The van der Waals surface area contributed by atoms with Crippen molar-refractivity contribution in [1.29, 1.82) is 0 Å². The first kappa shape index (κ1) is 10.3. The Morgan fingerprint density at radius 1 is 1.47 bits per heavy atom. The summed E-state index contributed by atoms with van der Waals surface area (Å²) in [5.41, 5.74) is 1.24. The molecule has 1 aliphatic heterocycles. The Bertz CT molecular complexity index is 361. The second-order valence-corrected chi connectivity index (χ2v) is 3.94. The smallest absolute Gasteiger partial charge is 0.168 e. The number of ether oxygens (including phenoxy) is 1. The van der Waals surface area contributed by atoms with Gasteiger partial charge in [0.05, 0.1) is 6.61 Å². The number of Topliss-reactive ketones (excluding diaryl/α,β-unsaturated/α-hetero) is 1. The van der Waals surface area contributed by atoms with Crippen LogP contribution in [0.15, 0.2) is 18.2 Å². The van der Waals surface area contributed by atoms with Crippen LogP contribution in [0.2, 0.25) is 0 Å². The van der Waals surface area contributed by atoms with Gasteiger partial charge in [0.1, 0.15) is 5.82 Å². The fourth-order valence-electron chi connectivity index (χ4n) is 1.86. The number of ketones is 1. The summed E-state index contributed by atoms with van der Waals surface area (Å²) in [5, 5.41) is 0. The van der Waals surface area contributed by atoms with Gasteiger partial charge in [-0.3, -0.25) is 4.79 Å².